The van der Waals surface area contributed by atoms with E-state index >= 15 is 0 Å². The van der Waals surface area contributed by atoms with Crippen molar-refractivity contribution in [1.29, 1.82) is 0 Å². The van der Waals surface area contributed by atoms with Crippen LogP contribution in [0.1, 0.15) is 65.2 Å². The summed E-state index contributed by atoms with van der Waals surface area (Å²) in [7, 11) is 0. The van der Waals surface area contributed by atoms with Gasteiger partial charge < -0.3 is 0 Å². The topological polar surface area (TPSA) is 34.1 Å². The van der Waals surface area contributed by atoms with Crippen LogP contribution < -0.4 is 0 Å². The molecule has 2 heteroatoms. The van der Waals surface area contributed by atoms with Crippen molar-refractivity contribution in [3.05, 3.63) is 11.6 Å². The van der Waals surface area contributed by atoms with Gasteiger partial charge in [-0.1, -0.05) is 25.5 Å². The van der Waals surface area contributed by atoms with Crippen LogP contribution in [0.4, 0.5) is 0 Å². The number of hydrogen-bond acceptors (Lipinski definition) is 2. The van der Waals surface area contributed by atoms with Crippen LogP contribution in [-0.4, -0.2) is 11.6 Å². The summed E-state index contributed by atoms with van der Waals surface area (Å²) in [6, 6.07) is 0. The quantitative estimate of drug-likeness (QED) is 0.629. The van der Waals surface area contributed by atoms with E-state index < -0.39 is 0 Å². The van der Waals surface area contributed by atoms with Gasteiger partial charge in [0, 0.05) is 24.7 Å². The lowest BCUT2D eigenvalue weighted by molar-refractivity contribution is -0.128. The Bertz CT molecular complexity index is 546. The first-order valence-electron chi connectivity index (χ1n) is 8.71. The third kappa shape index (κ3) is 1.71. The molecule has 114 valence electrons. The van der Waals surface area contributed by atoms with Crippen LogP contribution in [0.5, 0.6) is 0 Å². The Morgan fingerprint density at radius 2 is 1.86 bits per heavy atom. The standard InChI is InChI=1S/C19H26O2/c1-18-9-7-13(20)11-12(18)3-4-14-15-5-6-17(21)19(15,2)10-8-16(14)18/h8,12,14-15H,3-7,9-11H2,1-2H3. The zero-order valence-corrected chi connectivity index (χ0v) is 13.3. The molecule has 0 aliphatic heterocycles. The summed E-state index contributed by atoms with van der Waals surface area (Å²) >= 11 is 0. The van der Waals surface area contributed by atoms with E-state index in [0.29, 0.717) is 29.3 Å². The van der Waals surface area contributed by atoms with Gasteiger partial charge in [0.1, 0.15) is 11.6 Å². The van der Waals surface area contributed by atoms with Crippen LogP contribution in [0.3, 0.4) is 0 Å². The van der Waals surface area contributed by atoms with E-state index in [4.69, 9.17) is 0 Å². The van der Waals surface area contributed by atoms with Crippen LogP contribution in [-0.2, 0) is 9.59 Å². The lowest BCUT2D eigenvalue weighted by Gasteiger charge is -2.54. The van der Waals surface area contributed by atoms with Crippen molar-refractivity contribution in [2.45, 2.75) is 65.2 Å². The van der Waals surface area contributed by atoms with Crippen molar-refractivity contribution in [3.8, 4) is 0 Å². The summed E-state index contributed by atoms with van der Waals surface area (Å²) in [6.45, 7) is 4.61. The smallest absolute Gasteiger partial charge is 0.139 e. The van der Waals surface area contributed by atoms with Crippen molar-refractivity contribution in [2.24, 2.45) is 28.6 Å². The summed E-state index contributed by atoms with van der Waals surface area (Å²) in [5.41, 5.74) is 1.79. The lowest BCUT2D eigenvalue weighted by Crippen LogP contribution is -2.48. The number of hydrogen-bond donors (Lipinski definition) is 0. The Balaban J connectivity index is 1.72. The van der Waals surface area contributed by atoms with E-state index in [9.17, 15) is 9.59 Å². The molecular formula is C19H26O2. The van der Waals surface area contributed by atoms with Gasteiger partial charge in [-0.15, -0.1) is 0 Å². The summed E-state index contributed by atoms with van der Waals surface area (Å²) in [5, 5.41) is 0. The SMILES string of the molecule is CC12CCC(=O)CC1CCC1C2=CCC2(C)C(=O)CCC12. The van der Waals surface area contributed by atoms with Crippen LogP contribution >= 0.6 is 0 Å². The highest BCUT2D eigenvalue weighted by molar-refractivity contribution is 5.87. The Kier molecular flexibility index (Phi) is 2.81. The van der Waals surface area contributed by atoms with Gasteiger partial charge in [-0.25, -0.2) is 0 Å². The molecule has 0 bridgehead atoms. The van der Waals surface area contributed by atoms with Gasteiger partial charge >= 0.3 is 0 Å². The maximum Gasteiger partial charge on any atom is 0.139 e. The molecule has 4 rings (SSSR count). The molecule has 21 heavy (non-hydrogen) atoms. The second-order valence-corrected chi connectivity index (χ2v) is 8.39. The minimum Gasteiger partial charge on any atom is -0.300 e. The van der Waals surface area contributed by atoms with Gasteiger partial charge in [0.15, 0.2) is 0 Å². The Hall–Kier alpha value is -0.920. The first-order valence-corrected chi connectivity index (χ1v) is 8.71. The molecule has 4 aliphatic rings. The van der Waals surface area contributed by atoms with Gasteiger partial charge in [0.25, 0.3) is 0 Å². The van der Waals surface area contributed by atoms with Crippen LogP contribution in [0.25, 0.3) is 0 Å². The fourth-order valence-electron chi connectivity index (χ4n) is 6.10. The maximum absolute atomic E-state index is 12.3. The van der Waals surface area contributed by atoms with E-state index in [2.05, 4.69) is 19.9 Å². The number of rotatable bonds is 0. The van der Waals surface area contributed by atoms with E-state index in [1.54, 1.807) is 5.57 Å². The van der Waals surface area contributed by atoms with Crippen molar-refractivity contribution in [2.75, 3.05) is 0 Å². The molecule has 0 heterocycles. The van der Waals surface area contributed by atoms with Gasteiger partial charge in [0.05, 0.1) is 0 Å². The molecule has 0 aromatic carbocycles. The van der Waals surface area contributed by atoms with Crippen molar-refractivity contribution >= 4 is 11.6 Å². The molecule has 0 aromatic rings. The summed E-state index contributed by atoms with van der Waals surface area (Å²) < 4.78 is 0. The van der Waals surface area contributed by atoms with Gasteiger partial charge in [-0.3, -0.25) is 9.59 Å². The summed E-state index contributed by atoms with van der Waals surface area (Å²) in [5.74, 6) is 2.70. The Labute approximate surface area is 127 Å². The first kappa shape index (κ1) is 13.7. The Morgan fingerprint density at radius 1 is 1.05 bits per heavy atom. The number of allylic oxidation sites excluding steroid dienone is 2. The molecule has 5 atom stereocenters. The zero-order valence-electron chi connectivity index (χ0n) is 13.3. The van der Waals surface area contributed by atoms with Gasteiger partial charge in [-0.05, 0) is 55.3 Å². The number of carbonyl (C=O) groups is 2. The fraction of sp³-hybridized carbons (Fsp3) is 0.789. The summed E-state index contributed by atoms with van der Waals surface area (Å²) in [6.07, 6.45) is 10.2. The minimum absolute atomic E-state index is 0.0815. The number of Topliss-reactive ketones (excluding diaryl/α,β-unsaturated/α-hetero) is 2. The molecule has 4 aliphatic carbocycles. The van der Waals surface area contributed by atoms with Crippen LogP contribution in [0, 0.1) is 28.6 Å². The van der Waals surface area contributed by atoms with E-state index in [1.165, 1.54) is 12.8 Å². The van der Waals surface area contributed by atoms with Crippen LogP contribution in [0.15, 0.2) is 11.6 Å². The molecule has 2 nitrogen and oxygen atoms in total. The third-order valence-corrected chi connectivity index (χ3v) is 7.55. The third-order valence-electron chi connectivity index (χ3n) is 7.55. The molecular weight excluding hydrogens is 260 g/mol. The molecule has 0 spiro atoms. The fourth-order valence-corrected chi connectivity index (χ4v) is 6.10. The number of ketones is 2. The molecule has 3 saturated carbocycles. The highest BCUT2D eigenvalue weighted by Gasteiger charge is 2.56. The van der Waals surface area contributed by atoms with E-state index in [-0.39, 0.29) is 10.8 Å². The van der Waals surface area contributed by atoms with Crippen LogP contribution in [0.2, 0.25) is 0 Å². The van der Waals surface area contributed by atoms with Crippen molar-refractivity contribution in [3.63, 3.8) is 0 Å². The zero-order chi connectivity index (χ0) is 14.8. The molecule has 0 aromatic heterocycles. The molecule has 0 N–H and O–H groups in total. The second-order valence-electron chi connectivity index (χ2n) is 8.39. The molecule has 3 fully saturated rings. The van der Waals surface area contributed by atoms with E-state index in [0.717, 1.165) is 38.5 Å². The molecule has 0 amide bonds. The highest BCUT2D eigenvalue weighted by Crippen LogP contribution is 2.62. The lowest BCUT2D eigenvalue weighted by atomic mass is 9.49. The summed E-state index contributed by atoms with van der Waals surface area (Å²) in [4.78, 5) is 24.2. The predicted molar refractivity (Wildman–Crippen MR) is 81.7 cm³/mol. The minimum atomic E-state index is -0.0815. The normalized spacial score (nSPS) is 49.2. The second kappa shape index (κ2) is 4.30. The van der Waals surface area contributed by atoms with Gasteiger partial charge in [0.2, 0.25) is 0 Å². The average molecular weight is 286 g/mol. The largest absolute Gasteiger partial charge is 0.300 e. The number of carbonyl (C=O) groups excluding carboxylic acids is 2. The molecule has 0 saturated heterocycles. The maximum atomic E-state index is 12.3. The highest BCUT2D eigenvalue weighted by atomic mass is 16.1. The number of fused-ring (bicyclic) bond motifs is 5. The molecule has 0 radical (unpaired) electrons. The first-order chi connectivity index (χ1) is 9.95. The van der Waals surface area contributed by atoms with Crippen molar-refractivity contribution in [1.82, 2.24) is 0 Å². The van der Waals surface area contributed by atoms with E-state index in [1.807, 2.05) is 0 Å². The monoisotopic (exact) mass is 286 g/mol. The Morgan fingerprint density at radius 3 is 2.67 bits per heavy atom. The molecule has 5 unspecified atom stereocenters. The predicted octanol–water partition coefficient (Wildman–Crippen LogP) is 4.09. The average Bonchev–Trinajstić information content (AvgIpc) is 2.76. The van der Waals surface area contributed by atoms with Crippen molar-refractivity contribution < 1.29 is 9.59 Å². The van der Waals surface area contributed by atoms with Gasteiger partial charge in [-0.2, -0.15) is 0 Å².